The molecule has 0 spiro atoms. The molecular formula is C25H27ClN2O6. The summed E-state index contributed by atoms with van der Waals surface area (Å²) in [5.74, 6) is 0.556. The smallest absolute Gasteiger partial charge is 0.265 e. The van der Waals surface area contributed by atoms with Crippen LogP contribution in [-0.4, -0.2) is 68.6 Å². The molecule has 2 aromatic rings. The van der Waals surface area contributed by atoms with Crippen molar-refractivity contribution in [2.45, 2.75) is 19.8 Å². The molecule has 0 unspecified atom stereocenters. The van der Waals surface area contributed by atoms with Crippen LogP contribution in [0.4, 0.5) is 5.69 Å². The first-order valence-corrected chi connectivity index (χ1v) is 11.6. The average Bonchev–Trinajstić information content (AvgIpc) is 2.84. The SMILES string of the molecule is Cc1ccc(OCC(=O)c2ccc3c(c2)N(CCCC(=O)N2CCOCC2)C(=O)CO3)c(Cl)c1. The lowest BCUT2D eigenvalue weighted by Crippen LogP contribution is -2.42. The van der Waals surface area contributed by atoms with Gasteiger partial charge in [0.25, 0.3) is 5.91 Å². The van der Waals surface area contributed by atoms with Gasteiger partial charge in [0.05, 0.1) is 23.9 Å². The maximum Gasteiger partial charge on any atom is 0.265 e. The summed E-state index contributed by atoms with van der Waals surface area (Å²) in [6.07, 6.45) is 0.846. The van der Waals surface area contributed by atoms with Crippen LogP contribution in [0.15, 0.2) is 36.4 Å². The highest BCUT2D eigenvalue weighted by atomic mass is 35.5. The largest absolute Gasteiger partial charge is 0.484 e. The van der Waals surface area contributed by atoms with E-state index in [0.29, 0.717) is 73.5 Å². The molecule has 2 aliphatic rings. The normalized spacial score (nSPS) is 15.5. The fourth-order valence-corrected chi connectivity index (χ4v) is 4.22. The van der Waals surface area contributed by atoms with E-state index in [-0.39, 0.29) is 30.8 Å². The quantitative estimate of drug-likeness (QED) is 0.532. The Balaban J connectivity index is 1.40. The molecule has 9 heteroatoms. The van der Waals surface area contributed by atoms with Crippen LogP contribution >= 0.6 is 11.6 Å². The molecule has 0 radical (unpaired) electrons. The van der Waals surface area contributed by atoms with Crippen molar-refractivity contribution in [3.05, 3.63) is 52.5 Å². The van der Waals surface area contributed by atoms with Crippen molar-refractivity contribution in [1.29, 1.82) is 0 Å². The number of hydrogen-bond donors (Lipinski definition) is 0. The Morgan fingerprint density at radius 3 is 2.68 bits per heavy atom. The summed E-state index contributed by atoms with van der Waals surface area (Å²) in [4.78, 5) is 41.1. The van der Waals surface area contributed by atoms with E-state index < -0.39 is 0 Å². The lowest BCUT2D eigenvalue weighted by molar-refractivity contribution is -0.135. The van der Waals surface area contributed by atoms with Crippen molar-refractivity contribution >= 4 is 34.9 Å². The molecule has 0 aliphatic carbocycles. The molecule has 0 N–H and O–H groups in total. The summed E-state index contributed by atoms with van der Waals surface area (Å²) in [6.45, 7) is 4.31. The summed E-state index contributed by atoms with van der Waals surface area (Å²) in [5, 5.41) is 0.440. The Morgan fingerprint density at radius 1 is 1.12 bits per heavy atom. The van der Waals surface area contributed by atoms with Gasteiger partial charge in [0.1, 0.15) is 11.5 Å². The van der Waals surface area contributed by atoms with E-state index in [9.17, 15) is 14.4 Å². The van der Waals surface area contributed by atoms with E-state index in [1.807, 2.05) is 13.0 Å². The van der Waals surface area contributed by atoms with Gasteiger partial charge in [-0.25, -0.2) is 0 Å². The molecule has 4 rings (SSSR count). The van der Waals surface area contributed by atoms with Gasteiger partial charge in [-0.05, 0) is 49.2 Å². The fraction of sp³-hybridized carbons (Fsp3) is 0.400. The Labute approximate surface area is 203 Å². The number of nitrogens with zero attached hydrogens (tertiary/aromatic N) is 2. The first-order chi connectivity index (χ1) is 16.4. The van der Waals surface area contributed by atoms with Crippen molar-refractivity contribution in [1.82, 2.24) is 4.90 Å². The zero-order chi connectivity index (χ0) is 24.1. The average molecular weight is 487 g/mol. The summed E-state index contributed by atoms with van der Waals surface area (Å²) in [6, 6.07) is 10.3. The van der Waals surface area contributed by atoms with E-state index in [0.717, 1.165) is 5.56 Å². The minimum Gasteiger partial charge on any atom is -0.484 e. The number of anilines is 1. The van der Waals surface area contributed by atoms with Crippen LogP contribution in [0.1, 0.15) is 28.8 Å². The summed E-state index contributed by atoms with van der Waals surface area (Å²) < 4.78 is 16.4. The van der Waals surface area contributed by atoms with Gasteiger partial charge in [-0.3, -0.25) is 14.4 Å². The van der Waals surface area contributed by atoms with Crippen LogP contribution in [-0.2, 0) is 14.3 Å². The lowest BCUT2D eigenvalue weighted by Gasteiger charge is -2.30. The van der Waals surface area contributed by atoms with Crippen LogP contribution in [0.5, 0.6) is 11.5 Å². The number of amides is 2. The third-order valence-electron chi connectivity index (χ3n) is 5.81. The van der Waals surface area contributed by atoms with E-state index >= 15 is 0 Å². The number of hydrogen-bond acceptors (Lipinski definition) is 6. The van der Waals surface area contributed by atoms with Gasteiger partial charge in [0, 0.05) is 31.6 Å². The van der Waals surface area contributed by atoms with Crippen LogP contribution in [0.2, 0.25) is 5.02 Å². The third kappa shape index (κ3) is 5.69. The van der Waals surface area contributed by atoms with Gasteiger partial charge >= 0.3 is 0 Å². The highest BCUT2D eigenvalue weighted by molar-refractivity contribution is 6.32. The molecule has 0 bridgehead atoms. The molecule has 2 heterocycles. The molecule has 0 aromatic heterocycles. The van der Waals surface area contributed by atoms with E-state index in [4.69, 9.17) is 25.8 Å². The predicted octanol–water partition coefficient (Wildman–Crippen LogP) is 3.27. The molecule has 2 amide bonds. The van der Waals surface area contributed by atoms with E-state index in [1.54, 1.807) is 40.1 Å². The number of carbonyl (C=O) groups is 3. The molecule has 0 atom stereocenters. The topological polar surface area (TPSA) is 85.4 Å². The summed E-state index contributed by atoms with van der Waals surface area (Å²) >= 11 is 6.18. The molecule has 1 saturated heterocycles. The maximum atomic E-state index is 12.8. The molecule has 1 fully saturated rings. The minimum absolute atomic E-state index is 0.0556. The first-order valence-electron chi connectivity index (χ1n) is 11.3. The van der Waals surface area contributed by atoms with Crippen LogP contribution in [0.3, 0.4) is 0 Å². The second kappa shape index (κ2) is 10.9. The Morgan fingerprint density at radius 2 is 1.91 bits per heavy atom. The van der Waals surface area contributed by atoms with Gasteiger partial charge in [0.15, 0.2) is 19.0 Å². The molecule has 0 saturated carbocycles. The van der Waals surface area contributed by atoms with Gasteiger partial charge in [-0.15, -0.1) is 0 Å². The standard InChI is InChI=1S/C25H27ClN2O6/c1-17-4-6-22(19(26)13-17)33-15-21(29)18-5-7-23-20(14-18)28(25(31)16-34-23)8-2-3-24(30)27-9-11-32-12-10-27/h4-7,13-14H,2-3,8-12,15-16H2,1H3. The van der Waals surface area contributed by atoms with E-state index in [1.165, 1.54) is 0 Å². The van der Waals surface area contributed by atoms with Crippen molar-refractivity contribution in [3.8, 4) is 11.5 Å². The minimum atomic E-state index is -0.250. The van der Waals surface area contributed by atoms with E-state index in [2.05, 4.69) is 0 Å². The second-order valence-corrected chi connectivity index (χ2v) is 8.67. The molecule has 180 valence electrons. The third-order valence-corrected chi connectivity index (χ3v) is 6.10. The molecule has 2 aliphatic heterocycles. The Kier molecular flexibility index (Phi) is 7.70. The number of halogens is 1. The molecular weight excluding hydrogens is 460 g/mol. The number of ether oxygens (including phenoxy) is 3. The maximum absolute atomic E-state index is 12.8. The van der Waals surface area contributed by atoms with Crippen LogP contribution in [0.25, 0.3) is 0 Å². The highest BCUT2D eigenvalue weighted by Gasteiger charge is 2.27. The number of morpholine rings is 1. The number of ketones is 1. The predicted molar refractivity (Wildman–Crippen MR) is 127 cm³/mol. The fourth-order valence-electron chi connectivity index (χ4n) is 3.93. The zero-order valence-corrected chi connectivity index (χ0v) is 19.8. The van der Waals surface area contributed by atoms with Crippen molar-refractivity contribution < 1.29 is 28.6 Å². The lowest BCUT2D eigenvalue weighted by atomic mass is 10.1. The monoisotopic (exact) mass is 486 g/mol. The number of fused-ring (bicyclic) bond motifs is 1. The van der Waals surface area contributed by atoms with Crippen molar-refractivity contribution in [3.63, 3.8) is 0 Å². The van der Waals surface area contributed by atoms with Gasteiger partial charge in [-0.1, -0.05) is 17.7 Å². The van der Waals surface area contributed by atoms with Gasteiger partial charge < -0.3 is 24.0 Å². The zero-order valence-electron chi connectivity index (χ0n) is 19.0. The number of Topliss-reactive ketones (excluding diaryl/α,β-unsaturated/α-hetero) is 1. The Bertz CT molecular complexity index is 1080. The molecule has 8 nitrogen and oxygen atoms in total. The Hall–Kier alpha value is -3.10. The number of rotatable bonds is 8. The van der Waals surface area contributed by atoms with Crippen LogP contribution < -0.4 is 14.4 Å². The second-order valence-electron chi connectivity index (χ2n) is 8.26. The van der Waals surface area contributed by atoms with Gasteiger partial charge in [0.2, 0.25) is 5.91 Å². The van der Waals surface area contributed by atoms with Crippen molar-refractivity contribution in [2.24, 2.45) is 0 Å². The van der Waals surface area contributed by atoms with Crippen molar-refractivity contribution in [2.75, 3.05) is 51.0 Å². The summed E-state index contributed by atoms with van der Waals surface area (Å²) in [7, 11) is 0. The number of carbonyl (C=O) groups excluding carboxylic acids is 3. The highest BCUT2D eigenvalue weighted by Crippen LogP contribution is 2.33. The number of aryl methyl sites for hydroxylation is 1. The molecule has 34 heavy (non-hydrogen) atoms. The molecule has 2 aromatic carbocycles. The number of benzene rings is 2. The first kappa shape index (κ1) is 24.0. The summed E-state index contributed by atoms with van der Waals surface area (Å²) in [5.41, 5.74) is 1.92. The van der Waals surface area contributed by atoms with Gasteiger partial charge in [-0.2, -0.15) is 0 Å². The van der Waals surface area contributed by atoms with Crippen LogP contribution in [0, 0.1) is 6.92 Å².